The molecule has 0 saturated heterocycles. The van der Waals surface area contributed by atoms with Crippen LogP contribution < -0.4 is 20.1 Å². The Hall–Kier alpha value is -2.42. The van der Waals surface area contributed by atoms with Crippen LogP contribution in [0.1, 0.15) is 12.6 Å². The predicted octanol–water partition coefficient (Wildman–Crippen LogP) is 4.38. The molecule has 1 heterocycles. The van der Waals surface area contributed by atoms with Gasteiger partial charge in [-0.1, -0.05) is 18.2 Å². The van der Waals surface area contributed by atoms with Gasteiger partial charge < -0.3 is 25.1 Å². The number of ether oxygens (including phenoxy) is 2. The molecule has 0 aliphatic heterocycles. The molecule has 144 valence electrons. The second kappa shape index (κ2) is 10.1. The molecule has 0 spiro atoms. The minimum Gasteiger partial charge on any atom is -0.493 e. The lowest BCUT2D eigenvalue weighted by molar-refractivity contribution is 0.311. The molecule has 0 atom stereocenters. The Morgan fingerprint density at radius 2 is 1.93 bits per heavy atom. The van der Waals surface area contributed by atoms with Gasteiger partial charge in [0.25, 0.3) is 0 Å². The molecule has 3 rings (SSSR count). The molecule has 6 nitrogen and oxygen atoms in total. The molecule has 7 heteroatoms. The van der Waals surface area contributed by atoms with Crippen molar-refractivity contribution in [2.75, 3.05) is 26.1 Å². The maximum atomic E-state index is 5.55. The van der Waals surface area contributed by atoms with Gasteiger partial charge in [-0.3, -0.25) is 4.99 Å². The number of methoxy groups -OCH3 is 1. The van der Waals surface area contributed by atoms with Crippen LogP contribution in [0.15, 0.2) is 53.5 Å². The highest BCUT2D eigenvalue weighted by Gasteiger charge is 2.07. The normalized spacial score (nSPS) is 11.0. The number of hydrogen-bond acceptors (Lipinski definition) is 3. The van der Waals surface area contributed by atoms with Crippen LogP contribution >= 0.6 is 24.0 Å². The summed E-state index contributed by atoms with van der Waals surface area (Å²) in [5, 5.41) is 7.77. The summed E-state index contributed by atoms with van der Waals surface area (Å²) < 4.78 is 10.9. The lowest BCUT2D eigenvalue weighted by Gasteiger charge is -2.14. The number of aromatic amines is 1. The monoisotopic (exact) mass is 480 g/mol. The predicted molar refractivity (Wildman–Crippen MR) is 122 cm³/mol. The van der Waals surface area contributed by atoms with Crippen LogP contribution in [0.5, 0.6) is 11.5 Å². The highest BCUT2D eigenvalue weighted by molar-refractivity contribution is 14.0. The average molecular weight is 480 g/mol. The first-order chi connectivity index (χ1) is 12.7. The van der Waals surface area contributed by atoms with Gasteiger partial charge in [-0.2, -0.15) is 0 Å². The van der Waals surface area contributed by atoms with Crippen molar-refractivity contribution < 1.29 is 9.47 Å². The Morgan fingerprint density at radius 1 is 1.11 bits per heavy atom. The van der Waals surface area contributed by atoms with Crippen molar-refractivity contribution in [2.24, 2.45) is 4.99 Å². The quantitative estimate of drug-likeness (QED) is 0.278. The third-order valence-electron chi connectivity index (χ3n) is 3.98. The number of benzene rings is 2. The molecular weight excluding hydrogens is 455 g/mol. The molecule has 0 aliphatic rings. The van der Waals surface area contributed by atoms with Crippen LogP contribution in [0.4, 0.5) is 5.69 Å². The average Bonchev–Trinajstić information content (AvgIpc) is 3.09. The van der Waals surface area contributed by atoms with Gasteiger partial charge in [-0.25, -0.2) is 0 Å². The van der Waals surface area contributed by atoms with Crippen LogP contribution in [0.2, 0.25) is 0 Å². The highest BCUT2D eigenvalue weighted by Crippen LogP contribution is 2.30. The second-order valence-corrected chi connectivity index (χ2v) is 5.73. The van der Waals surface area contributed by atoms with Gasteiger partial charge >= 0.3 is 0 Å². The number of hydrogen-bond donors (Lipinski definition) is 3. The summed E-state index contributed by atoms with van der Waals surface area (Å²) in [4.78, 5) is 7.67. The van der Waals surface area contributed by atoms with Gasteiger partial charge in [0.15, 0.2) is 17.5 Å². The molecule has 2 aromatic carbocycles. The van der Waals surface area contributed by atoms with Crippen LogP contribution in [0.3, 0.4) is 0 Å². The molecule has 0 saturated carbocycles. The zero-order chi connectivity index (χ0) is 18.4. The fourth-order valence-corrected chi connectivity index (χ4v) is 2.74. The number of nitrogens with one attached hydrogen (secondary N) is 3. The highest BCUT2D eigenvalue weighted by atomic mass is 127. The maximum Gasteiger partial charge on any atom is 0.195 e. The molecule has 3 aromatic rings. The molecule has 3 N–H and O–H groups in total. The number of guanidine groups is 1. The zero-order valence-electron chi connectivity index (χ0n) is 15.7. The molecule has 0 bridgehead atoms. The fourth-order valence-electron chi connectivity index (χ4n) is 2.74. The van der Waals surface area contributed by atoms with Gasteiger partial charge in [0, 0.05) is 30.0 Å². The van der Waals surface area contributed by atoms with E-state index in [9.17, 15) is 0 Å². The van der Waals surface area contributed by atoms with E-state index in [-0.39, 0.29) is 24.0 Å². The van der Waals surface area contributed by atoms with Crippen molar-refractivity contribution in [1.29, 1.82) is 0 Å². The largest absolute Gasteiger partial charge is 0.493 e. The molecule has 0 fully saturated rings. The lowest BCUT2D eigenvalue weighted by Crippen LogP contribution is -2.30. The molecule has 0 amide bonds. The van der Waals surface area contributed by atoms with Gasteiger partial charge in [-0.15, -0.1) is 24.0 Å². The van der Waals surface area contributed by atoms with Crippen molar-refractivity contribution in [2.45, 2.75) is 13.5 Å². The Morgan fingerprint density at radius 3 is 2.63 bits per heavy atom. The van der Waals surface area contributed by atoms with Gasteiger partial charge in [0.1, 0.15) is 0 Å². The first kappa shape index (κ1) is 20.9. The van der Waals surface area contributed by atoms with Crippen LogP contribution in [-0.2, 0) is 6.54 Å². The third-order valence-corrected chi connectivity index (χ3v) is 3.98. The number of nitrogens with zero attached hydrogens (tertiary/aromatic N) is 1. The molecule has 1 aromatic heterocycles. The molecular formula is C20H25IN4O2. The standard InChI is InChI=1S/C20H24N4O2.HI/c1-4-26-18-10-9-15(12-19(18)25-3)24-20(21-2)22-13-16-11-14-7-5-6-8-17(14)23-16;/h5-12,23H,4,13H2,1-3H3,(H2,21,22,24);1H. The summed E-state index contributed by atoms with van der Waals surface area (Å²) in [6, 6.07) is 16.1. The van der Waals surface area contributed by atoms with Crippen molar-refractivity contribution in [3.63, 3.8) is 0 Å². The third kappa shape index (κ3) is 5.29. The van der Waals surface area contributed by atoms with E-state index >= 15 is 0 Å². The summed E-state index contributed by atoms with van der Waals surface area (Å²) in [7, 11) is 3.37. The zero-order valence-corrected chi connectivity index (χ0v) is 18.0. The number of H-pyrrole nitrogens is 1. The molecule has 27 heavy (non-hydrogen) atoms. The van der Waals surface area contributed by atoms with Crippen molar-refractivity contribution in [3.8, 4) is 11.5 Å². The Labute approximate surface area is 176 Å². The first-order valence-corrected chi connectivity index (χ1v) is 8.58. The van der Waals surface area contributed by atoms with Crippen molar-refractivity contribution >= 4 is 46.5 Å². The molecule has 0 radical (unpaired) electrons. The van der Waals surface area contributed by atoms with E-state index in [2.05, 4.69) is 38.8 Å². The number of aliphatic imine (C=N–C) groups is 1. The number of aromatic nitrogens is 1. The van der Waals surface area contributed by atoms with E-state index in [1.165, 1.54) is 5.39 Å². The maximum absolute atomic E-state index is 5.55. The number of para-hydroxylation sites is 1. The van der Waals surface area contributed by atoms with Crippen molar-refractivity contribution in [1.82, 2.24) is 10.3 Å². The van der Waals surface area contributed by atoms with Crippen LogP contribution in [0.25, 0.3) is 10.9 Å². The topological polar surface area (TPSA) is 70.7 Å². The minimum atomic E-state index is 0. The van der Waals surface area contributed by atoms with Gasteiger partial charge in [-0.05, 0) is 36.6 Å². The van der Waals surface area contributed by atoms with E-state index in [1.807, 2.05) is 37.3 Å². The van der Waals surface area contributed by atoms with Crippen LogP contribution in [0, 0.1) is 0 Å². The van der Waals surface area contributed by atoms with Crippen molar-refractivity contribution in [3.05, 3.63) is 54.2 Å². The summed E-state index contributed by atoms with van der Waals surface area (Å²) in [5.41, 5.74) is 3.09. The first-order valence-electron chi connectivity index (χ1n) is 8.58. The Bertz CT molecular complexity index is 875. The number of anilines is 1. The Balaban J connectivity index is 0.00000261. The van der Waals surface area contributed by atoms with E-state index in [1.54, 1.807) is 14.2 Å². The smallest absolute Gasteiger partial charge is 0.195 e. The van der Waals surface area contributed by atoms with E-state index in [4.69, 9.17) is 9.47 Å². The number of halogens is 1. The molecule has 0 unspecified atom stereocenters. The minimum absolute atomic E-state index is 0. The second-order valence-electron chi connectivity index (χ2n) is 5.73. The molecule has 0 aliphatic carbocycles. The van der Waals surface area contributed by atoms with E-state index in [0.29, 0.717) is 24.9 Å². The summed E-state index contributed by atoms with van der Waals surface area (Å²) in [5.74, 6) is 2.08. The number of rotatable bonds is 6. The lowest BCUT2D eigenvalue weighted by atomic mass is 10.2. The van der Waals surface area contributed by atoms with Gasteiger partial charge in [0.2, 0.25) is 0 Å². The summed E-state index contributed by atoms with van der Waals surface area (Å²) in [6.07, 6.45) is 0. The SMILES string of the molecule is CCOc1ccc(NC(=NC)NCc2cc3ccccc3[nH]2)cc1OC.I. The Kier molecular flexibility index (Phi) is 7.78. The number of fused-ring (bicyclic) bond motifs is 1. The summed E-state index contributed by atoms with van der Waals surface area (Å²) in [6.45, 7) is 3.18. The fraction of sp³-hybridized carbons (Fsp3) is 0.250. The van der Waals surface area contributed by atoms with E-state index in [0.717, 1.165) is 22.6 Å². The summed E-state index contributed by atoms with van der Waals surface area (Å²) >= 11 is 0. The van der Waals surface area contributed by atoms with E-state index < -0.39 is 0 Å². The van der Waals surface area contributed by atoms with Crippen LogP contribution in [-0.4, -0.2) is 31.7 Å². The van der Waals surface area contributed by atoms with Gasteiger partial charge in [0.05, 0.1) is 20.3 Å².